The molecule has 6 heteroatoms. The Morgan fingerprint density at radius 1 is 1.38 bits per heavy atom. The molecule has 116 valence electrons. The van der Waals surface area contributed by atoms with Gasteiger partial charge in [-0.15, -0.1) is 11.3 Å². The monoisotopic (exact) mass is 311 g/mol. The van der Waals surface area contributed by atoms with Gasteiger partial charge in [-0.2, -0.15) is 0 Å². The lowest BCUT2D eigenvalue weighted by Crippen LogP contribution is -2.48. The lowest BCUT2D eigenvalue weighted by atomic mass is 9.98. The van der Waals surface area contributed by atoms with Crippen LogP contribution in [0.25, 0.3) is 0 Å². The first kappa shape index (κ1) is 16.0. The zero-order valence-electron chi connectivity index (χ0n) is 12.3. The zero-order valence-corrected chi connectivity index (χ0v) is 13.1. The van der Waals surface area contributed by atoms with Crippen LogP contribution in [-0.2, 0) is 14.3 Å². The summed E-state index contributed by atoms with van der Waals surface area (Å²) < 4.78 is 5.62. The van der Waals surface area contributed by atoms with E-state index in [9.17, 15) is 9.59 Å². The first-order valence-electron chi connectivity index (χ1n) is 7.14. The van der Waals surface area contributed by atoms with Gasteiger partial charge in [-0.25, -0.2) is 0 Å². The van der Waals surface area contributed by atoms with E-state index in [4.69, 9.17) is 9.84 Å². The summed E-state index contributed by atoms with van der Waals surface area (Å²) in [6.45, 7) is 5.05. The molecule has 0 aromatic carbocycles. The van der Waals surface area contributed by atoms with E-state index in [1.807, 2.05) is 31.4 Å². The molecule has 2 rings (SSSR count). The molecule has 1 aromatic rings. The topological polar surface area (TPSA) is 66.8 Å². The summed E-state index contributed by atoms with van der Waals surface area (Å²) >= 11 is 1.50. The van der Waals surface area contributed by atoms with Crippen molar-refractivity contribution in [3.8, 4) is 0 Å². The van der Waals surface area contributed by atoms with Gasteiger partial charge < -0.3 is 14.7 Å². The van der Waals surface area contributed by atoms with Crippen molar-refractivity contribution in [1.29, 1.82) is 0 Å². The standard InChI is InChI=1S/C15H21NO4S/c1-10-8-16(9-11(2)20-10)14(17)6-12(7-15(18)19)13-4-3-5-21-13/h3-5,10-12H,6-9H2,1-2H3,(H,18,19)/t10-,11+,12-/m1/s1. The molecule has 0 unspecified atom stereocenters. The minimum atomic E-state index is -0.870. The second-order valence-corrected chi connectivity index (χ2v) is 6.55. The van der Waals surface area contributed by atoms with Crippen molar-refractivity contribution in [2.45, 2.75) is 44.8 Å². The van der Waals surface area contributed by atoms with Crippen molar-refractivity contribution < 1.29 is 19.4 Å². The van der Waals surface area contributed by atoms with E-state index in [1.54, 1.807) is 4.90 Å². The lowest BCUT2D eigenvalue weighted by Gasteiger charge is -2.36. The van der Waals surface area contributed by atoms with Gasteiger partial charge in [0.05, 0.1) is 18.6 Å². The molecule has 5 nitrogen and oxygen atoms in total. The Hall–Kier alpha value is -1.40. The number of rotatable bonds is 5. The highest BCUT2D eigenvalue weighted by molar-refractivity contribution is 7.10. The van der Waals surface area contributed by atoms with Crippen LogP contribution in [0.4, 0.5) is 0 Å². The number of carboxylic acid groups (broad SMARTS) is 1. The minimum Gasteiger partial charge on any atom is -0.481 e. The fourth-order valence-electron chi connectivity index (χ4n) is 2.73. The number of aliphatic carboxylic acids is 1. The van der Waals surface area contributed by atoms with Crippen LogP contribution in [0.2, 0.25) is 0 Å². The minimum absolute atomic E-state index is 0.0108. The van der Waals surface area contributed by atoms with Gasteiger partial charge in [-0.1, -0.05) is 6.07 Å². The molecule has 3 atom stereocenters. The predicted octanol–water partition coefficient (Wildman–Crippen LogP) is 2.33. The van der Waals surface area contributed by atoms with Gasteiger partial charge in [0.25, 0.3) is 0 Å². The van der Waals surface area contributed by atoms with Gasteiger partial charge in [-0.05, 0) is 25.3 Å². The highest BCUT2D eigenvalue weighted by Crippen LogP contribution is 2.29. The summed E-state index contributed by atoms with van der Waals surface area (Å²) in [5.74, 6) is -1.11. The summed E-state index contributed by atoms with van der Waals surface area (Å²) in [5.41, 5.74) is 0. The summed E-state index contributed by atoms with van der Waals surface area (Å²) in [5, 5.41) is 11.0. The predicted molar refractivity (Wildman–Crippen MR) is 80.5 cm³/mol. The number of nitrogens with zero attached hydrogens (tertiary/aromatic N) is 1. The molecule has 2 heterocycles. The van der Waals surface area contributed by atoms with Crippen LogP contribution in [0.15, 0.2) is 17.5 Å². The Morgan fingerprint density at radius 3 is 2.57 bits per heavy atom. The first-order valence-corrected chi connectivity index (χ1v) is 8.02. The van der Waals surface area contributed by atoms with Gasteiger partial charge in [0.15, 0.2) is 0 Å². The van der Waals surface area contributed by atoms with Crippen molar-refractivity contribution in [3.63, 3.8) is 0 Å². The molecular weight excluding hydrogens is 290 g/mol. The number of morpholine rings is 1. The van der Waals surface area contributed by atoms with Crippen molar-refractivity contribution in [3.05, 3.63) is 22.4 Å². The van der Waals surface area contributed by atoms with Crippen LogP contribution in [-0.4, -0.2) is 47.2 Å². The number of ether oxygens (including phenoxy) is 1. The number of carboxylic acids is 1. The van der Waals surface area contributed by atoms with Crippen molar-refractivity contribution in [2.24, 2.45) is 0 Å². The third kappa shape index (κ3) is 4.54. The maximum Gasteiger partial charge on any atom is 0.304 e. The molecule has 1 aliphatic heterocycles. The van der Waals surface area contributed by atoms with E-state index >= 15 is 0 Å². The van der Waals surface area contributed by atoms with Gasteiger partial charge in [-0.3, -0.25) is 9.59 Å². The highest BCUT2D eigenvalue weighted by Gasteiger charge is 2.28. The highest BCUT2D eigenvalue weighted by atomic mass is 32.1. The average molecular weight is 311 g/mol. The molecule has 21 heavy (non-hydrogen) atoms. The van der Waals surface area contributed by atoms with E-state index in [-0.39, 0.29) is 36.9 Å². The number of amides is 1. The lowest BCUT2D eigenvalue weighted by molar-refractivity contribution is -0.144. The third-order valence-corrected chi connectivity index (χ3v) is 4.59. The number of hydrogen-bond acceptors (Lipinski definition) is 4. The Labute approximate surface area is 128 Å². The van der Waals surface area contributed by atoms with E-state index in [0.29, 0.717) is 13.1 Å². The molecule has 1 saturated heterocycles. The molecule has 0 spiro atoms. The van der Waals surface area contributed by atoms with Crippen LogP contribution in [0.5, 0.6) is 0 Å². The molecule has 1 fully saturated rings. The van der Waals surface area contributed by atoms with E-state index in [1.165, 1.54) is 11.3 Å². The maximum atomic E-state index is 12.5. The molecule has 1 aromatic heterocycles. The molecule has 1 aliphatic rings. The molecule has 0 radical (unpaired) electrons. The summed E-state index contributed by atoms with van der Waals surface area (Å²) in [4.78, 5) is 26.2. The molecule has 0 saturated carbocycles. The van der Waals surface area contributed by atoms with Crippen LogP contribution in [0.1, 0.15) is 37.5 Å². The largest absolute Gasteiger partial charge is 0.481 e. The van der Waals surface area contributed by atoms with Crippen LogP contribution >= 0.6 is 11.3 Å². The maximum absolute atomic E-state index is 12.5. The Balaban J connectivity index is 2.02. The van der Waals surface area contributed by atoms with Gasteiger partial charge >= 0.3 is 5.97 Å². The molecule has 0 bridgehead atoms. The quantitative estimate of drug-likeness (QED) is 0.906. The van der Waals surface area contributed by atoms with Gasteiger partial charge in [0.2, 0.25) is 5.91 Å². The zero-order chi connectivity index (χ0) is 15.4. The van der Waals surface area contributed by atoms with Crippen molar-refractivity contribution in [1.82, 2.24) is 4.90 Å². The normalized spacial score (nSPS) is 23.8. The molecule has 1 amide bonds. The Kier molecular flexibility index (Phi) is 5.36. The number of carbonyl (C=O) groups excluding carboxylic acids is 1. The number of carbonyl (C=O) groups is 2. The summed E-state index contributed by atoms with van der Waals surface area (Å²) in [6.07, 6.45) is 0.281. The van der Waals surface area contributed by atoms with Crippen LogP contribution < -0.4 is 0 Å². The SMILES string of the molecule is C[C@@H]1CN(C(=O)C[C@H](CC(=O)O)c2cccs2)C[C@H](C)O1. The Morgan fingerprint density at radius 2 is 2.05 bits per heavy atom. The summed E-state index contributed by atoms with van der Waals surface area (Å²) in [7, 11) is 0. The fourth-order valence-corrected chi connectivity index (χ4v) is 3.56. The second kappa shape index (κ2) is 7.04. The van der Waals surface area contributed by atoms with Gasteiger partial charge in [0.1, 0.15) is 0 Å². The smallest absolute Gasteiger partial charge is 0.304 e. The number of thiophene rings is 1. The second-order valence-electron chi connectivity index (χ2n) is 5.57. The van der Waals surface area contributed by atoms with E-state index in [0.717, 1.165) is 4.88 Å². The fraction of sp³-hybridized carbons (Fsp3) is 0.600. The van der Waals surface area contributed by atoms with E-state index < -0.39 is 5.97 Å². The molecular formula is C15H21NO4S. The third-order valence-electron chi connectivity index (χ3n) is 3.56. The van der Waals surface area contributed by atoms with Crippen LogP contribution in [0, 0.1) is 0 Å². The summed E-state index contributed by atoms with van der Waals surface area (Å²) in [6, 6.07) is 3.79. The molecule has 0 aliphatic carbocycles. The van der Waals surface area contributed by atoms with Crippen molar-refractivity contribution >= 4 is 23.2 Å². The van der Waals surface area contributed by atoms with Crippen LogP contribution in [0.3, 0.4) is 0 Å². The average Bonchev–Trinajstić information content (AvgIpc) is 2.89. The van der Waals surface area contributed by atoms with Crippen molar-refractivity contribution in [2.75, 3.05) is 13.1 Å². The number of hydrogen-bond donors (Lipinski definition) is 1. The molecule has 1 N–H and O–H groups in total. The Bertz CT molecular complexity index is 478. The van der Waals surface area contributed by atoms with Gasteiger partial charge in [0, 0.05) is 30.3 Å². The van der Waals surface area contributed by atoms with E-state index in [2.05, 4.69) is 0 Å². The first-order chi connectivity index (χ1) is 9.95.